The Morgan fingerprint density at radius 3 is 2.46 bits per heavy atom. The van der Waals surface area contributed by atoms with Crippen LogP contribution in [0.2, 0.25) is 5.02 Å². The monoisotopic (exact) mass is 469 g/mol. The summed E-state index contributed by atoms with van der Waals surface area (Å²) in [5.41, 5.74) is 1.04. The summed E-state index contributed by atoms with van der Waals surface area (Å²) in [6.07, 6.45) is 2.26. The van der Waals surface area contributed by atoms with Crippen LogP contribution in [-0.4, -0.2) is 46.0 Å². The lowest BCUT2D eigenvalue weighted by atomic mass is 10.2. The van der Waals surface area contributed by atoms with Crippen molar-refractivity contribution >= 4 is 41.5 Å². The number of nitrogens with one attached hydrogen (secondary N) is 2. The molecule has 1 aromatic rings. The van der Waals surface area contributed by atoms with Crippen molar-refractivity contribution in [3.8, 4) is 0 Å². The lowest BCUT2D eigenvalue weighted by Gasteiger charge is -2.13. The van der Waals surface area contributed by atoms with Crippen molar-refractivity contribution in [2.24, 2.45) is 4.99 Å². The molecule has 0 heterocycles. The Hall–Kier alpha value is -0.570. The number of hydrogen-bond acceptors (Lipinski definition) is 3. The Morgan fingerprint density at radius 2 is 1.79 bits per heavy atom. The van der Waals surface area contributed by atoms with Crippen molar-refractivity contribution < 1.29 is 9.47 Å². The second-order valence-electron chi connectivity index (χ2n) is 5.02. The van der Waals surface area contributed by atoms with Crippen LogP contribution >= 0.6 is 35.6 Å². The molecule has 7 heteroatoms. The highest BCUT2D eigenvalue weighted by molar-refractivity contribution is 14.0. The van der Waals surface area contributed by atoms with Gasteiger partial charge in [-0.3, -0.25) is 4.99 Å². The van der Waals surface area contributed by atoms with E-state index in [-0.39, 0.29) is 24.0 Å². The maximum absolute atomic E-state index is 6.13. The van der Waals surface area contributed by atoms with E-state index in [4.69, 9.17) is 21.1 Å². The summed E-state index contributed by atoms with van der Waals surface area (Å²) in [6, 6.07) is 7.76. The van der Waals surface area contributed by atoms with Crippen LogP contribution in [0.5, 0.6) is 0 Å². The molecule has 5 nitrogen and oxygen atoms in total. The highest BCUT2D eigenvalue weighted by Gasteiger charge is 2.01. The Balaban J connectivity index is 0.00000529. The fourth-order valence-corrected chi connectivity index (χ4v) is 2.05. The molecule has 0 atom stereocenters. The van der Waals surface area contributed by atoms with E-state index < -0.39 is 0 Å². The fraction of sp³-hybridized carbons (Fsp3) is 0.588. The molecule has 0 saturated heterocycles. The molecule has 0 radical (unpaired) electrons. The molecule has 138 valence electrons. The summed E-state index contributed by atoms with van der Waals surface area (Å²) in [4.78, 5) is 4.17. The number of ether oxygens (including phenoxy) is 2. The van der Waals surface area contributed by atoms with Crippen molar-refractivity contribution in [3.63, 3.8) is 0 Å². The Bertz CT molecular complexity index is 461. The number of guanidine groups is 1. The van der Waals surface area contributed by atoms with E-state index in [1.54, 1.807) is 7.05 Å². The van der Waals surface area contributed by atoms with Gasteiger partial charge in [-0.05, 0) is 18.1 Å². The Labute approximate surface area is 167 Å². The average Bonchev–Trinajstić information content (AvgIpc) is 2.57. The van der Waals surface area contributed by atoms with Crippen LogP contribution in [0.1, 0.15) is 25.3 Å². The minimum Gasteiger partial charge on any atom is -0.379 e. The van der Waals surface area contributed by atoms with Crippen molar-refractivity contribution in [2.45, 2.75) is 26.3 Å². The first-order chi connectivity index (χ1) is 11.3. The number of rotatable bonds is 11. The van der Waals surface area contributed by atoms with Gasteiger partial charge in [-0.25, -0.2) is 0 Å². The normalized spacial score (nSPS) is 11.0. The molecule has 2 N–H and O–H groups in total. The maximum atomic E-state index is 6.13. The second kappa shape index (κ2) is 15.9. The van der Waals surface area contributed by atoms with E-state index in [1.807, 2.05) is 24.3 Å². The molecule has 24 heavy (non-hydrogen) atoms. The van der Waals surface area contributed by atoms with Crippen LogP contribution in [0.15, 0.2) is 29.3 Å². The van der Waals surface area contributed by atoms with Gasteiger partial charge in [0.25, 0.3) is 0 Å². The molecule has 0 fully saturated rings. The van der Waals surface area contributed by atoms with Gasteiger partial charge < -0.3 is 20.1 Å². The summed E-state index contributed by atoms with van der Waals surface area (Å²) in [5.74, 6) is 0.729. The van der Waals surface area contributed by atoms with Crippen LogP contribution in [0.4, 0.5) is 0 Å². The molecule has 0 unspecified atom stereocenters. The fourth-order valence-electron chi connectivity index (χ4n) is 1.85. The zero-order valence-electron chi connectivity index (χ0n) is 14.5. The van der Waals surface area contributed by atoms with E-state index in [2.05, 4.69) is 22.5 Å². The summed E-state index contributed by atoms with van der Waals surface area (Å²) in [7, 11) is 1.74. The number of benzene rings is 1. The smallest absolute Gasteiger partial charge is 0.191 e. The van der Waals surface area contributed by atoms with Crippen LogP contribution in [0.3, 0.4) is 0 Å². The highest BCUT2D eigenvalue weighted by atomic mass is 127. The lowest BCUT2D eigenvalue weighted by Crippen LogP contribution is -2.38. The molecular weight excluding hydrogens is 441 g/mol. The van der Waals surface area contributed by atoms with Crippen molar-refractivity contribution in [1.29, 1.82) is 0 Å². The number of aliphatic imine (C=N–C) groups is 1. The standard InChI is InChI=1S/C17H28ClN3O2.HI/c1-3-4-10-22-12-13-23-11-9-20-17(19-2)21-14-15-7-5-6-8-16(15)18;/h5-8H,3-4,9-14H2,1-2H3,(H2,19,20,21);1H. The second-order valence-corrected chi connectivity index (χ2v) is 5.43. The quantitative estimate of drug-likeness (QED) is 0.226. The molecule has 0 aromatic heterocycles. The first-order valence-corrected chi connectivity index (χ1v) is 8.49. The van der Waals surface area contributed by atoms with Gasteiger partial charge in [0.1, 0.15) is 0 Å². The van der Waals surface area contributed by atoms with E-state index in [0.717, 1.165) is 36.0 Å². The molecule has 0 amide bonds. The molecule has 0 spiro atoms. The molecule has 0 aliphatic heterocycles. The zero-order chi connectivity index (χ0) is 16.8. The third-order valence-corrected chi connectivity index (χ3v) is 3.55. The predicted molar refractivity (Wildman–Crippen MR) is 112 cm³/mol. The third kappa shape index (κ3) is 11.1. The Morgan fingerprint density at radius 1 is 1.08 bits per heavy atom. The van der Waals surface area contributed by atoms with E-state index in [9.17, 15) is 0 Å². The minimum atomic E-state index is 0. The van der Waals surface area contributed by atoms with Crippen molar-refractivity contribution in [3.05, 3.63) is 34.9 Å². The number of nitrogens with zero attached hydrogens (tertiary/aromatic N) is 1. The van der Waals surface area contributed by atoms with Gasteiger partial charge in [-0.2, -0.15) is 0 Å². The topological polar surface area (TPSA) is 54.9 Å². The van der Waals surface area contributed by atoms with Gasteiger partial charge in [0.2, 0.25) is 0 Å². The molecule has 0 bridgehead atoms. The van der Waals surface area contributed by atoms with Gasteiger partial charge in [0, 0.05) is 31.8 Å². The molecule has 0 aliphatic rings. The first-order valence-electron chi connectivity index (χ1n) is 8.11. The zero-order valence-corrected chi connectivity index (χ0v) is 17.6. The minimum absolute atomic E-state index is 0. The van der Waals surface area contributed by atoms with Gasteiger partial charge in [0.15, 0.2) is 5.96 Å². The molecule has 0 saturated carbocycles. The maximum Gasteiger partial charge on any atom is 0.191 e. The van der Waals surface area contributed by atoms with E-state index >= 15 is 0 Å². The molecule has 1 rings (SSSR count). The first kappa shape index (κ1) is 23.4. The summed E-state index contributed by atoms with van der Waals surface area (Å²) >= 11 is 6.13. The highest BCUT2D eigenvalue weighted by Crippen LogP contribution is 2.14. The third-order valence-electron chi connectivity index (χ3n) is 3.18. The van der Waals surface area contributed by atoms with Gasteiger partial charge in [0.05, 0.1) is 19.8 Å². The molecule has 0 aliphatic carbocycles. The number of halogens is 2. The van der Waals surface area contributed by atoms with Crippen LogP contribution in [0.25, 0.3) is 0 Å². The summed E-state index contributed by atoms with van der Waals surface area (Å²) in [5, 5.41) is 7.18. The number of unbranched alkanes of at least 4 members (excludes halogenated alkanes) is 1. The van der Waals surface area contributed by atoms with Crippen molar-refractivity contribution in [2.75, 3.05) is 40.0 Å². The average molecular weight is 470 g/mol. The van der Waals surface area contributed by atoms with Crippen LogP contribution in [-0.2, 0) is 16.0 Å². The van der Waals surface area contributed by atoms with E-state index in [0.29, 0.717) is 32.9 Å². The molecular formula is C17H29ClIN3O2. The van der Waals surface area contributed by atoms with Gasteiger partial charge >= 0.3 is 0 Å². The summed E-state index contributed by atoms with van der Waals surface area (Å²) in [6.45, 7) is 6.18. The van der Waals surface area contributed by atoms with E-state index in [1.165, 1.54) is 0 Å². The SMILES string of the molecule is CCCCOCCOCCNC(=NC)NCc1ccccc1Cl.I. The van der Waals surface area contributed by atoms with Crippen LogP contribution in [0, 0.1) is 0 Å². The Kier molecular flexibility index (Phi) is 15.6. The van der Waals surface area contributed by atoms with Gasteiger partial charge in [-0.15, -0.1) is 24.0 Å². The van der Waals surface area contributed by atoms with Crippen LogP contribution < -0.4 is 10.6 Å². The lowest BCUT2D eigenvalue weighted by molar-refractivity contribution is 0.0487. The predicted octanol–water partition coefficient (Wildman–Crippen LogP) is 3.46. The number of hydrogen-bond donors (Lipinski definition) is 2. The van der Waals surface area contributed by atoms with Gasteiger partial charge in [-0.1, -0.05) is 43.1 Å². The largest absolute Gasteiger partial charge is 0.379 e. The molecule has 1 aromatic carbocycles. The van der Waals surface area contributed by atoms with Crippen molar-refractivity contribution in [1.82, 2.24) is 10.6 Å². The summed E-state index contributed by atoms with van der Waals surface area (Å²) < 4.78 is 10.9.